The Morgan fingerprint density at radius 2 is 1.59 bits per heavy atom. The van der Waals surface area contributed by atoms with E-state index in [9.17, 15) is 14.7 Å². The van der Waals surface area contributed by atoms with E-state index >= 15 is 0 Å². The topological polar surface area (TPSA) is 76.1 Å². The normalized spacial score (nSPS) is 18.8. The number of benzene rings is 3. The van der Waals surface area contributed by atoms with Crippen LogP contribution >= 0.6 is 0 Å². The number of carbonyl (C=O) groups is 2. The third-order valence-electron chi connectivity index (χ3n) is 6.93. The molecule has 37 heavy (non-hydrogen) atoms. The van der Waals surface area contributed by atoms with Crippen molar-refractivity contribution in [3.8, 4) is 11.5 Å². The first kappa shape index (κ1) is 24.6. The second-order valence-electron chi connectivity index (χ2n) is 10.5. The van der Waals surface area contributed by atoms with Gasteiger partial charge in [0.2, 0.25) is 0 Å². The first-order valence-corrected chi connectivity index (χ1v) is 12.6. The number of nitrogens with zero attached hydrogens (tertiary/aromatic N) is 1. The molecule has 1 saturated heterocycles. The van der Waals surface area contributed by atoms with E-state index in [1.165, 1.54) is 0 Å². The molecule has 0 aromatic heterocycles. The van der Waals surface area contributed by atoms with E-state index in [0.717, 1.165) is 16.7 Å². The Hall–Kier alpha value is -4.06. The number of rotatable bonds is 5. The molecule has 0 saturated carbocycles. The maximum atomic E-state index is 13.4. The Morgan fingerprint density at radius 3 is 2.27 bits per heavy atom. The van der Waals surface area contributed by atoms with Crippen molar-refractivity contribution < 1.29 is 24.2 Å². The van der Waals surface area contributed by atoms with Crippen LogP contribution in [0.2, 0.25) is 0 Å². The number of ketones is 1. The summed E-state index contributed by atoms with van der Waals surface area (Å²) in [4.78, 5) is 28.3. The van der Waals surface area contributed by atoms with E-state index in [4.69, 9.17) is 9.47 Å². The number of aliphatic hydroxyl groups excluding tert-OH is 1. The average molecular weight is 498 g/mol. The highest BCUT2D eigenvalue weighted by atomic mass is 16.6. The number of fused-ring (bicyclic) bond motifs is 1. The molecule has 2 aliphatic rings. The van der Waals surface area contributed by atoms with Crippen LogP contribution in [0.1, 0.15) is 49.1 Å². The Bertz CT molecular complexity index is 1350. The van der Waals surface area contributed by atoms with Crippen LogP contribution in [-0.4, -0.2) is 41.5 Å². The lowest BCUT2D eigenvalue weighted by atomic mass is 9.85. The smallest absolute Gasteiger partial charge is 0.295 e. The number of hydrogen-bond donors (Lipinski definition) is 1. The molecular formula is C31H31NO5. The first-order valence-electron chi connectivity index (χ1n) is 12.6. The molecule has 0 aliphatic carbocycles. The van der Waals surface area contributed by atoms with Crippen LogP contribution in [-0.2, 0) is 21.4 Å². The van der Waals surface area contributed by atoms with Crippen LogP contribution in [0, 0.1) is 0 Å². The second kappa shape index (κ2) is 9.77. The molecule has 5 rings (SSSR count). The fourth-order valence-electron chi connectivity index (χ4n) is 4.86. The van der Waals surface area contributed by atoms with Gasteiger partial charge in [0, 0.05) is 12.1 Å². The minimum atomic E-state index is -0.703. The number of Topliss-reactive ketones (excluding diaryl/α,β-unsaturated/α-hetero) is 1. The maximum Gasteiger partial charge on any atom is 0.295 e. The zero-order valence-electron chi connectivity index (χ0n) is 21.4. The van der Waals surface area contributed by atoms with Gasteiger partial charge < -0.3 is 19.5 Å². The molecule has 2 heterocycles. The van der Waals surface area contributed by atoms with Crippen molar-refractivity contribution in [2.24, 2.45) is 0 Å². The molecule has 6 nitrogen and oxygen atoms in total. The molecule has 3 aromatic rings. The molecule has 1 N–H and O–H groups in total. The van der Waals surface area contributed by atoms with E-state index in [1.54, 1.807) is 23.1 Å². The lowest BCUT2D eigenvalue weighted by Gasteiger charge is -2.27. The third-order valence-corrected chi connectivity index (χ3v) is 6.93. The summed E-state index contributed by atoms with van der Waals surface area (Å²) in [5, 5.41) is 11.4. The highest BCUT2D eigenvalue weighted by Gasteiger charge is 2.46. The van der Waals surface area contributed by atoms with Gasteiger partial charge in [0.15, 0.2) is 11.5 Å². The molecule has 0 bridgehead atoms. The molecule has 6 heteroatoms. The SMILES string of the molecule is CC(C)(C)c1ccc([C@H]2C(=C(O)c3ccc4c(c3)OCCO4)C(=O)C(=O)N2CCc2ccccc2)cc1. The number of aliphatic hydroxyl groups is 1. The standard InChI is InChI=1S/C31H31NO5/c1-31(2,3)23-12-9-21(10-13-23)27-26(28(33)22-11-14-24-25(19-22)37-18-17-36-24)29(34)30(35)32(27)16-15-20-7-5-4-6-8-20/h4-14,19,27,33H,15-18H2,1-3H3/t27-/m0/s1. The Kier molecular flexibility index (Phi) is 6.50. The molecule has 0 radical (unpaired) electrons. The number of amides is 1. The van der Waals surface area contributed by atoms with Crippen molar-refractivity contribution >= 4 is 17.4 Å². The molecule has 1 amide bonds. The summed E-state index contributed by atoms with van der Waals surface area (Å²) in [6.07, 6.45) is 0.592. The van der Waals surface area contributed by atoms with Crippen molar-refractivity contribution in [3.05, 3.63) is 101 Å². The Balaban J connectivity index is 1.58. The van der Waals surface area contributed by atoms with Crippen LogP contribution in [0.25, 0.3) is 5.76 Å². The zero-order chi connectivity index (χ0) is 26.2. The second-order valence-corrected chi connectivity index (χ2v) is 10.5. The van der Waals surface area contributed by atoms with Gasteiger partial charge in [0.1, 0.15) is 19.0 Å². The van der Waals surface area contributed by atoms with Crippen LogP contribution in [0.4, 0.5) is 0 Å². The number of likely N-dealkylation sites (tertiary alicyclic amines) is 1. The first-order chi connectivity index (χ1) is 17.7. The lowest BCUT2D eigenvalue weighted by Crippen LogP contribution is -2.31. The fraction of sp³-hybridized carbons (Fsp3) is 0.290. The van der Waals surface area contributed by atoms with Crippen LogP contribution in [0.3, 0.4) is 0 Å². The third kappa shape index (κ3) is 4.84. The van der Waals surface area contributed by atoms with Crippen LogP contribution in [0.5, 0.6) is 11.5 Å². The van der Waals surface area contributed by atoms with E-state index in [2.05, 4.69) is 20.8 Å². The van der Waals surface area contributed by atoms with E-state index < -0.39 is 17.7 Å². The van der Waals surface area contributed by atoms with Crippen molar-refractivity contribution in [2.75, 3.05) is 19.8 Å². The molecule has 1 atom stereocenters. The summed E-state index contributed by atoms with van der Waals surface area (Å²) in [5.41, 5.74) is 3.43. The van der Waals surface area contributed by atoms with Gasteiger partial charge in [-0.2, -0.15) is 0 Å². The Labute approximate surface area is 217 Å². The molecule has 1 fully saturated rings. The highest BCUT2D eigenvalue weighted by molar-refractivity contribution is 6.46. The van der Waals surface area contributed by atoms with Crippen molar-refractivity contribution in [1.82, 2.24) is 4.90 Å². The van der Waals surface area contributed by atoms with Crippen molar-refractivity contribution in [2.45, 2.75) is 38.6 Å². The molecule has 0 spiro atoms. The zero-order valence-corrected chi connectivity index (χ0v) is 21.4. The monoisotopic (exact) mass is 497 g/mol. The van der Waals surface area contributed by atoms with Crippen molar-refractivity contribution in [1.29, 1.82) is 0 Å². The summed E-state index contributed by atoms with van der Waals surface area (Å²) >= 11 is 0. The number of carbonyl (C=O) groups excluding carboxylic acids is 2. The molecule has 2 aliphatic heterocycles. The van der Waals surface area contributed by atoms with Gasteiger partial charge in [0.25, 0.3) is 11.7 Å². The molecule has 0 unspecified atom stereocenters. The van der Waals surface area contributed by atoms with Gasteiger partial charge in [0.05, 0.1) is 11.6 Å². The van der Waals surface area contributed by atoms with Gasteiger partial charge in [-0.3, -0.25) is 9.59 Å². The van der Waals surface area contributed by atoms with Gasteiger partial charge >= 0.3 is 0 Å². The van der Waals surface area contributed by atoms with E-state index in [0.29, 0.717) is 43.2 Å². The average Bonchev–Trinajstić information content (AvgIpc) is 3.16. The number of hydrogen-bond acceptors (Lipinski definition) is 5. The van der Waals surface area contributed by atoms with Crippen LogP contribution in [0.15, 0.2) is 78.4 Å². The van der Waals surface area contributed by atoms with Gasteiger partial charge in [-0.25, -0.2) is 0 Å². The minimum Gasteiger partial charge on any atom is -0.507 e. The summed E-state index contributed by atoms with van der Waals surface area (Å²) < 4.78 is 11.3. The summed E-state index contributed by atoms with van der Waals surface area (Å²) in [6.45, 7) is 7.61. The highest BCUT2D eigenvalue weighted by Crippen LogP contribution is 2.41. The fourth-order valence-corrected chi connectivity index (χ4v) is 4.86. The van der Waals surface area contributed by atoms with Gasteiger partial charge in [-0.1, -0.05) is 75.4 Å². The number of ether oxygens (including phenoxy) is 2. The summed E-state index contributed by atoms with van der Waals surface area (Å²) in [6, 6.07) is 22.1. The molecule has 3 aromatic carbocycles. The quantitative estimate of drug-likeness (QED) is 0.289. The summed E-state index contributed by atoms with van der Waals surface area (Å²) in [7, 11) is 0. The van der Waals surface area contributed by atoms with Crippen LogP contribution < -0.4 is 9.47 Å². The van der Waals surface area contributed by atoms with E-state index in [-0.39, 0.29) is 16.7 Å². The maximum absolute atomic E-state index is 13.4. The Morgan fingerprint density at radius 1 is 0.919 bits per heavy atom. The molecular weight excluding hydrogens is 466 g/mol. The largest absolute Gasteiger partial charge is 0.507 e. The minimum absolute atomic E-state index is 0.0428. The van der Waals surface area contributed by atoms with Gasteiger partial charge in [-0.05, 0) is 46.7 Å². The van der Waals surface area contributed by atoms with Gasteiger partial charge in [-0.15, -0.1) is 0 Å². The van der Waals surface area contributed by atoms with Crippen molar-refractivity contribution in [3.63, 3.8) is 0 Å². The molecule has 190 valence electrons. The predicted molar refractivity (Wildman–Crippen MR) is 142 cm³/mol. The predicted octanol–water partition coefficient (Wildman–Crippen LogP) is 5.42. The summed E-state index contributed by atoms with van der Waals surface area (Å²) in [5.74, 6) is -0.437. The lowest BCUT2D eigenvalue weighted by molar-refractivity contribution is -0.139. The van der Waals surface area contributed by atoms with E-state index in [1.807, 2.05) is 54.6 Å².